The smallest absolute Gasteiger partial charge is 0.274 e. The van der Waals surface area contributed by atoms with Crippen LogP contribution in [-0.4, -0.2) is 24.0 Å². The predicted octanol–water partition coefficient (Wildman–Crippen LogP) is 4.80. The van der Waals surface area contributed by atoms with Crippen molar-refractivity contribution in [3.8, 4) is 6.07 Å². The van der Waals surface area contributed by atoms with Crippen LogP contribution in [0.2, 0.25) is 0 Å². The lowest BCUT2D eigenvalue weighted by molar-refractivity contribution is 0.102. The van der Waals surface area contributed by atoms with Gasteiger partial charge in [0, 0.05) is 36.3 Å². The summed E-state index contributed by atoms with van der Waals surface area (Å²) in [5, 5.41) is 15.2. The Hall–Kier alpha value is -3.85. The van der Waals surface area contributed by atoms with Gasteiger partial charge in [-0.2, -0.15) is 5.26 Å². The molecule has 2 N–H and O–H groups in total. The number of nitrogens with zero attached hydrogens (tertiary/aromatic N) is 3. The van der Waals surface area contributed by atoms with Crippen molar-refractivity contribution in [2.45, 2.75) is 13.8 Å². The van der Waals surface area contributed by atoms with Crippen molar-refractivity contribution in [1.82, 2.24) is 4.98 Å². The molecule has 3 rings (SSSR count). The van der Waals surface area contributed by atoms with Crippen LogP contribution in [0.4, 0.5) is 22.7 Å². The highest BCUT2D eigenvalue weighted by Gasteiger charge is 2.11. The number of carbonyl (C=O) groups is 1. The zero-order valence-electron chi connectivity index (χ0n) is 16.5. The van der Waals surface area contributed by atoms with Gasteiger partial charge in [-0.25, -0.2) is 0 Å². The first-order valence-corrected chi connectivity index (χ1v) is 9.53. The second-order valence-electron chi connectivity index (χ2n) is 6.39. The molecule has 0 spiro atoms. The molecule has 0 unspecified atom stereocenters. The fraction of sp³-hybridized carbons (Fsp3) is 0.174. The van der Waals surface area contributed by atoms with Gasteiger partial charge in [-0.3, -0.25) is 9.78 Å². The van der Waals surface area contributed by atoms with Gasteiger partial charge in [-0.05, 0) is 62.4 Å². The van der Waals surface area contributed by atoms with E-state index >= 15 is 0 Å². The third-order valence-electron chi connectivity index (χ3n) is 4.57. The minimum Gasteiger partial charge on any atom is -0.372 e. The molecule has 0 aliphatic heterocycles. The fourth-order valence-corrected chi connectivity index (χ4v) is 3.02. The molecule has 1 heterocycles. The van der Waals surface area contributed by atoms with E-state index in [1.54, 1.807) is 42.6 Å². The quantitative estimate of drug-likeness (QED) is 0.611. The molecular formula is C23H23N5O. The number of amides is 1. The first-order chi connectivity index (χ1) is 14.1. The van der Waals surface area contributed by atoms with Gasteiger partial charge in [0.1, 0.15) is 11.8 Å². The summed E-state index contributed by atoms with van der Waals surface area (Å²) in [5.74, 6) is -0.367. The van der Waals surface area contributed by atoms with Crippen LogP contribution in [0.25, 0.3) is 0 Å². The van der Waals surface area contributed by atoms with E-state index in [2.05, 4.69) is 52.6 Å². The highest BCUT2D eigenvalue weighted by Crippen LogP contribution is 2.22. The number of hydrogen-bond donors (Lipinski definition) is 2. The number of carbonyl (C=O) groups excluding carboxylic acids is 1. The number of anilines is 4. The second-order valence-corrected chi connectivity index (χ2v) is 6.39. The standard InChI is InChI=1S/C23H23N5O/c1-3-28(4-2)20-11-9-18(10-12-20)26-19-13-14-25-22(15-19)23(29)27-21-8-6-5-7-17(21)16-24/h5-15H,3-4H2,1-2H3,(H,25,26)(H,27,29). The summed E-state index contributed by atoms with van der Waals surface area (Å²) < 4.78 is 0. The number of nitrogens with one attached hydrogen (secondary N) is 2. The number of para-hydroxylation sites is 1. The van der Waals surface area contributed by atoms with Gasteiger partial charge in [0.15, 0.2) is 0 Å². The fourth-order valence-electron chi connectivity index (χ4n) is 3.02. The average Bonchev–Trinajstić information content (AvgIpc) is 2.76. The molecule has 0 fully saturated rings. The van der Waals surface area contributed by atoms with Crippen LogP contribution in [0.3, 0.4) is 0 Å². The zero-order valence-corrected chi connectivity index (χ0v) is 16.5. The van der Waals surface area contributed by atoms with Crippen molar-refractivity contribution in [1.29, 1.82) is 5.26 Å². The third kappa shape index (κ3) is 4.90. The molecule has 0 radical (unpaired) electrons. The molecule has 0 aliphatic carbocycles. The summed E-state index contributed by atoms with van der Waals surface area (Å²) in [6.45, 7) is 6.19. The summed E-state index contributed by atoms with van der Waals surface area (Å²) >= 11 is 0. The topological polar surface area (TPSA) is 81.1 Å². The first kappa shape index (κ1) is 19.9. The maximum Gasteiger partial charge on any atom is 0.274 e. The Morgan fingerprint density at radius 1 is 1.03 bits per heavy atom. The van der Waals surface area contributed by atoms with Gasteiger partial charge in [-0.15, -0.1) is 0 Å². The Kier molecular flexibility index (Phi) is 6.43. The highest BCUT2D eigenvalue weighted by atomic mass is 16.1. The zero-order chi connectivity index (χ0) is 20.6. The number of aromatic nitrogens is 1. The molecule has 0 atom stereocenters. The number of benzene rings is 2. The Labute approximate surface area is 170 Å². The van der Waals surface area contributed by atoms with Gasteiger partial charge in [0.2, 0.25) is 0 Å². The maximum absolute atomic E-state index is 12.6. The van der Waals surface area contributed by atoms with Crippen LogP contribution < -0.4 is 15.5 Å². The highest BCUT2D eigenvalue weighted by molar-refractivity contribution is 6.04. The van der Waals surface area contributed by atoms with E-state index in [0.717, 1.165) is 24.5 Å². The monoisotopic (exact) mass is 385 g/mol. The first-order valence-electron chi connectivity index (χ1n) is 9.53. The lowest BCUT2D eigenvalue weighted by Crippen LogP contribution is -2.21. The van der Waals surface area contributed by atoms with Crippen molar-refractivity contribution < 1.29 is 4.79 Å². The van der Waals surface area contributed by atoms with E-state index in [1.807, 2.05) is 12.1 Å². The summed E-state index contributed by atoms with van der Waals surface area (Å²) in [6, 6.07) is 20.6. The number of rotatable bonds is 7. The molecular weight excluding hydrogens is 362 g/mol. The van der Waals surface area contributed by atoms with E-state index in [-0.39, 0.29) is 11.6 Å². The van der Waals surface area contributed by atoms with Crippen molar-refractivity contribution in [3.63, 3.8) is 0 Å². The molecule has 2 aromatic carbocycles. The van der Waals surface area contributed by atoms with E-state index < -0.39 is 0 Å². The van der Waals surface area contributed by atoms with Gasteiger partial charge >= 0.3 is 0 Å². The minimum atomic E-state index is -0.367. The van der Waals surface area contributed by atoms with Crippen LogP contribution in [0, 0.1) is 11.3 Å². The summed E-state index contributed by atoms with van der Waals surface area (Å²) in [6.07, 6.45) is 1.58. The van der Waals surface area contributed by atoms with Crippen LogP contribution >= 0.6 is 0 Å². The van der Waals surface area contributed by atoms with E-state index in [0.29, 0.717) is 11.3 Å². The lowest BCUT2D eigenvalue weighted by Gasteiger charge is -2.21. The lowest BCUT2D eigenvalue weighted by atomic mass is 10.2. The third-order valence-corrected chi connectivity index (χ3v) is 4.57. The van der Waals surface area contributed by atoms with Gasteiger partial charge < -0.3 is 15.5 Å². The van der Waals surface area contributed by atoms with Crippen molar-refractivity contribution in [3.05, 3.63) is 78.1 Å². The van der Waals surface area contributed by atoms with Crippen molar-refractivity contribution >= 4 is 28.7 Å². The Morgan fingerprint density at radius 2 is 1.76 bits per heavy atom. The molecule has 3 aromatic rings. The minimum absolute atomic E-state index is 0.266. The second kappa shape index (κ2) is 9.38. The van der Waals surface area contributed by atoms with Crippen LogP contribution in [0.1, 0.15) is 29.9 Å². The number of pyridine rings is 1. The molecule has 0 saturated heterocycles. The molecule has 0 aliphatic rings. The van der Waals surface area contributed by atoms with Crippen LogP contribution in [-0.2, 0) is 0 Å². The van der Waals surface area contributed by atoms with Crippen LogP contribution in [0.5, 0.6) is 0 Å². The van der Waals surface area contributed by atoms with E-state index in [9.17, 15) is 4.79 Å². The van der Waals surface area contributed by atoms with Crippen molar-refractivity contribution in [2.24, 2.45) is 0 Å². The summed E-state index contributed by atoms with van der Waals surface area (Å²) in [4.78, 5) is 19.0. The van der Waals surface area contributed by atoms with E-state index in [1.165, 1.54) is 5.69 Å². The van der Waals surface area contributed by atoms with Crippen molar-refractivity contribution in [2.75, 3.05) is 28.6 Å². The number of hydrogen-bond acceptors (Lipinski definition) is 5. The molecule has 146 valence electrons. The molecule has 6 heteroatoms. The Morgan fingerprint density at radius 3 is 2.45 bits per heavy atom. The van der Waals surface area contributed by atoms with Crippen LogP contribution in [0.15, 0.2) is 66.9 Å². The van der Waals surface area contributed by atoms with Gasteiger partial charge in [-0.1, -0.05) is 12.1 Å². The van der Waals surface area contributed by atoms with E-state index in [4.69, 9.17) is 5.26 Å². The molecule has 29 heavy (non-hydrogen) atoms. The summed E-state index contributed by atoms with van der Waals surface area (Å²) in [7, 11) is 0. The maximum atomic E-state index is 12.6. The largest absolute Gasteiger partial charge is 0.372 e. The Bertz CT molecular complexity index is 1020. The SMILES string of the molecule is CCN(CC)c1ccc(Nc2ccnc(C(=O)Nc3ccccc3C#N)c2)cc1. The molecule has 6 nitrogen and oxygen atoms in total. The Balaban J connectivity index is 1.72. The predicted molar refractivity (Wildman–Crippen MR) is 117 cm³/mol. The molecule has 1 amide bonds. The van der Waals surface area contributed by atoms with Gasteiger partial charge in [0.05, 0.1) is 11.3 Å². The number of nitriles is 1. The molecule has 0 bridgehead atoms. The molecule has 1 aromatic heterocycles. The normalized spacial score (nSPS) is 10.1. The summed E-state index contributed by atoms with van der Waals surface area (Å²) in [5.41, 5.74) is 3.99. The average molecular weight is 385 g/mol. The van der Waals surface area contributed by atoms with Gasteiger partial charge in [0.25, 0.3) is 5.91 Å². The molecule has 0 saturated carbocycles.